The third-order valence-corrected chi connectivity index (χ3v) is 4.15. The van der Waals surface area contributed by atoms with Gasteiger partial charge in [0.25, 0.3) is 0 Å². The van der Waals surface area contributed by atoms with Gasteiger partial charge in [-0.05, 0) is 42.9 Å². The monoisotopic (exact) mass is 329 g/mol. The van der Waals surface area contributed by atoms with E-state index in [0.717, 1.165) is 11.1 Å². The van der Waals surface area contributed by atoms with Crippen LogP contribution in [0.2, 0.25) is 0 Å². The van der Waals surface area contributed by atoms with Crippen LogP contribution in [0.5, 0.6) is 0 Å². The van der Waals surface area contributed by atoms with E-state index < -0.39 is 5.92 Å². The quantitative estimate of drug-likeness (QED) is 0.801. The molecule has 4 heteroatoms. The average Bonchev–Trinajstić information content (AvgIpc) is 2.52. The first-order valence-electron chi connectivity index (χ1n) is 7.30. The van der Waals surface area contributed by atoms with Gasteiger partial charge in [-0.2, -0.15) is 0 Å². The fraction of sp³-hybridized carbons (Fsp3) is 0.211. The highest BCUT2D eigenvalue weighted by Gasteiger charge is 2.32. The predicted molar refractivity (Wildman–Crippen MR) is 95.8 cm³/mol. The minimum atomic E-state index is -0.527. The molecule has 0 saturated heterocycles. The second-order valence-corrected chi connectivity index (χ2v) is 6.11. The van der Waals surface area contributed by atoms with Crippen molar-refractivity contribution >= 4 is 23.3 Å². The highest BCUT2D eigenvalue weighted by atomic mass is 32.1. The molecule has 2 nitrogen and oxygen atoms in total. The van der Waals surface area contributed by atoms with E-state index in [1.54, 1.807) is 12.1 Å². The fourth-order valence-electron chi connectivity index (χ4n) is 2.76. The summed E-state index contributed by atoms with van der Waals surface area (Å²) in [6.45, 7) is 4.09. The number of halogens is 1. The summed E-state index contributed by atoms with van der Waals surface area (Å²) in [7, 11) is 3.83. The third kappa shape index (κ3) is 4.09. The van der Waals surface area contributed by atoms with Crippen molar-refractivity contribution in [1.82, 2.24) is 4.90 Å². The van der Waals surface area contributed by atoms with Crippen LogP contribution in [0, 0.1) is 11.7 Å². The Morgan fingerprint density at radius 3 is 2.13 bits per heavy atom. The Hall–Kier alpha value is -1.91. The molecule has 0 radical (unpaired) electrons. The van der Waals surface area contributed by atoms with Gasteiger partial charge in [-0.25, -0.2) is 4.39 Å². The number of nitrogens with zero attached hydrogens (tertiary/aromatic N) is 1. The van der Waals surface area contributed by atoms with Gasteiger partial charge >= 0.3 is 0 Å². The summed E-state index contributed by atoms with van der Waals surface area (Å²) in [6.07, 6.45) is 0. The van der Waals surface area contributed by atoms with Crippen molar-refractivity contribution in [3.05, 3.63) is 78.1 Å². The number of hydrogen-bond acceptors (Lipinski definition) is 2. The van der Waals surface area contributed by atoms with Gasteiger partial charge in [-0.1, -0.05) is 49.0 Å². The number of rotatable bonds is 6. The van der Waals surface area contributed by atoms with Crippen molar-refractivity contribution < 1.29 is 9.18 Å². The van der Waals surface area contributed by atoms with Crippen LogP contribution in [-0.4, -0.2) is 24.1 Å². The summed E-state index contributed by atoms with van der Waals surface area (Å²) < 4.78 is 13.1. The van der Waals surface area contributed by atoms with Gasteiger partial charge in [-0.15, -0.1) is 12.6 Å². The topological polar surface area (TPSA) is 20.3 Å². The van der Waals surface area contributed by atoms with Gasteiger partial charge in [0.05, 0.1) is 5.92 Å². The van der Waals surface area contributed by atoms with Crippen molar-refractivity contribution in [2.45, 2.75) is 6.04 Å². The van der Waals surface area contributed by atoms with E-state index >= 15 is 0 Å². The molecule has 2 atom stereocenters. The molecule has 2 rings (SSSR count). The number of thiol groups is 1. The van der Waals surface area contributed by atoms with Crippen LogP contribution in [-0.2, 0) is 4.79 Å². The zero-order chi connectivity index (χ0) is 17.0. The van der Waals surface area contributed by atoms with Crippen molar-refractivity contribution in [1.29, 1.82) is 0 Å². The van der Waals surface area contributed by atoms with Crippen LogP contribution in [0.25, 0.3) is 5.57 Å². The number of hydrogen-bond donors (Lipinski definition) is 1. The SMILES string of the molecule is C=C(c1ccc(F)cc1)C(C(=O)S)C(c1ccccc1)N(C)C. The Labute approximate surface area is 142 Å². The molecular formula is C19H20FNOS. The second-order valence-electron chi connectivity index (χ2n) is 5.67. The summed E-state index contributed by atoms with van der Waals surface area (Å²) in [6, 6.07) is 15.6. The van der Waals surface area contributed by atoms with E-state index in [4.69, 9.17) is 0 Å². The van der Waals surface area contributed by atoms with Crippen molar-refractivity contribution in [3.63, 3.8) is 0 Å². The fourth-order valence-corrected chi connectivity index (χ4v) is 3.05. The predicted octanol–water partition coefficient (Wildman–Crippen LogP) is 4.21. The van der Waals surface area contributed by atoms with Crippen molar-refractivity contribution in [3.8, 4) is 0 Å². The second kappa shape index (κ2) is 7.57. The Kier molecular flexibility index (Phi) is 5.74. The van der Waals surface area contributed by atoms with Gasteiger partial charge in [-0.3, -0.25) is 4.79 Å². The Balaban J connectivity index is 2.44. The van der Waals surface area contributed by atoms with E-state index in [2.05, 4.69) is 19.2 Å². The van der Waals surface area contributed by atoms with E-state index in [0.29, 0.717) is 5.57 Å². The van der Waals surface area contributed by atoms with Crippen molar-refractivity contribution in [2.75, 3.05) is 14.1 Å². The minimum Gasteiger partial charge on any atom is -0.301 e. The largest absolute Gasteiger partial charge is 0.301 e. The van der Waals surface area contributed by atoms with Crippen LogP contribution in [0.3, 0.4) is 0 Å². The summed E-state index contributed by atoms with van der Waals surface area (Å²) in [5, 5.41) is -0.262. The number of benzene rings is 2. The lowest BCUT2D eigenvalue weighted by atomic mass is 9.84. The maximum Gasteiger partial charge on any atom is 0.195 e. The van der Waals surface area contributed by atoms with Crippen LogP contribution < -0.4 is 0 Å². The lowest BCUT2D eigenvalue weighted by molar-refractivity contribution is -0.114. The zero-order valence-corrected chi connectivity index (χ0v) is 14.1. The molecule has 0 aliphatic carbocycles. The Morgan fingerprint density at radius 1 is 1.09 bits per heavy atom. The lowest BCUT2D eigenvalue weighted by Gasteiger charge is -2.32. The molecule has 2 aromatic rings. The Morgan fingerprint density at radius 2 is 1.65 bits per heavy atom. The molecule has 0 aromatic heterocycles. The first-order valence-corrected chi connectivity index (χ1v) is 7.75. The van der Waals surface area contributed by atoms with Crippen LogP contribution in [0.4, 0.5) is 4.39 Å². The molecule has 2 unspecified atom stereocenters. The van der Waals surface area contributed by atoms with E-state index in [9.17, 15) is 9.18 Å². The van der Waals surface area contributed by atoms with E-state index in [1.165, 1.54) is 12.1 Å². The summed E-state index contributed by atoms with van der Waals surface area (Å²) in [4.78, 5) is 14.2. The number of carbonyl (C=O) groups excluding carboxylic acids is 1. The maximum atomic E-state index is 13.1. The molecule has 0 bridgehead atoms. The molecule has 0 heterocycles. The highest BCUT2D eigenvalue weighted by molar-refractivity contribution is 7.96. The van der Waals surface area contributed by atoms with E-state index in [-0.39, 0.29) is 17.0 Å². The maximum absolute atomic E-state index is 13.1. The van der Waals surface area contributed by atoms with Crippen LogP contribution in [0.15, 0.2) is 61.2 Å². The van der Waals surface area contributed by atoms with Crippen molar-refractivity contribution in [2.24, 2.45) is 5.92 Å². The minimum absolute atomic E-state index is 0.196. The first-order chi connectivity index (χ1) is 10.9. The molecular weight excluding hydrogens is 309 g/mol. The highest BCUT2D eigenvalue weighted by Crippen LogP contribution is 2.37. The molecule has 2 aromatic carbocycles. The van der Waals surface area contributed by atoms with Gasteiger partial charge < -0.3 is 4.90 Å². The molecule has 0 saturated carbocycles. The van der Waals surface area contributed by atoms with Gasteiger partial charge in [0, 0.05) is 6.04 Å². The molecule has 0 aliphatic rings. The molecule has 0 amide bonds. The molecule has 0 spiro atoms. The van der Waals surface area contributed by atoms with Crippen LogP contribution in [0.1, 0.15) is 17.2 Å². The van der Waals surface area contributed by atoms with Crippen LogP contribution >= 0.6 is 12.6 Å². The number of carbonyl (C=O) groups is 1. The Bertz CT molecular complexity index is 682. The van der Waals surface area contributed by atoms with Gasteiger partial charge in [0.15, 0.2) is 5.12 Å². The van der Waals surface area contributed by atoms with Gasteiger partial charge in [0.1, 0.15) is 5.82 Å². The molecule has 23 heavy (non-hydrogen) atoms. The molecule has 120 valence electrons. The normalized spacial score (nSPS) is 13.6. The molecule has 0 N–H and O–H groups in total. The first kappa shape index (κ1) is 17.4. The van der Waals surface area contributed by atoms with Gasteiger partial charge in [0.2, 0.25) is 0 Å². The standard InChI is InChI=1S/C19H20FNOS/c1-13(14-9-11-16(20)12-10-14)17(19(22)23)18(21(2)3)15-7-5-4-6-8-15/h4-12,17-18H,1H2,2-3H3,(H,22,23). The summed E-state index contributed by atoms with van der Waals surface area (Å²) >= 11 is 4.09. The smallest absolute Gasteiger partial charge is 0.195 e. The zero-order valence-electron chi connectivity index (χ0n) is 13.2. The summed E-state index contributed by atoms with van der Waals surface area (Å²) in [5.41, 5.74) is 2.38. The molecule has 0 fully saturated rings. The third-order valence-electron chi connectivity index (χ3n) is 3.87. The average molecular weight is 329 g/mol. The summed E-state index contributed by atoms with van der Waals surface area (Å²) in [5.74, 6) is -0.844. The lowest BCUT2D eigenvalue weighted by Crippen LogP contribution is -2.31. The molecule has 0 aliphatic heterocycles. The van der Waals surface area contributed by atoms with E-state index in [1.807, 2.05) is 49.3 Å².